The average Bonchev–Trinajstić information content (AvgIpc) is 3.01. The van der Waals surface area contributed by atoms with Gasteiger partial charge in [-0.25, -0.2) is 0 Å². The van der Waals surface area contributed by atoms with E-state index in [9.17, 15) is 0 Å². The third kappa shape index (κ3) is 3.34. The molecular formula is C16H29P. The van der Waals surface area contributed by atoms with Crippen LogP contribution < -0.4 is 0 Å². The summed E-state index contributed by atoms with van der Waals surface area (Å²) in [5, 5.41) is 1.88. The maximum absolute atomic E-state index is 2.59. The summed E-state index contributed by atoms with van der Waals surface area (Å²) in [5.41, 5.74) is 2.21. The Morgan fingerprint density at radius 3 is 1.76 bits per heavy atom. The molecule has 0 spiro atoms. The monoisotopic (exact) mass is 252 g/mol. The van der Waals surface area contributed by atoms with Gasteiger partial charge in [-0.15, -0.1) is 0 Å². The lowest BCUT2D eigenvalue weighted by Crippen LogP contribution is -2.11. The zero-order valence-electron chi connectivity index (χ0n) is 11.8. The molecule has 2 saturated carbocycles. The van der Waals surface area contributed by atoms with Gasteiger partial charge in [0.25, 0.3) is 0 Å². The number of allylic oxidation sites excluding steroid dienone is 2. The molecule has 17 heavy (non-hydrogen) atoms. The fourth-order valence-electron chi connectivity index (χ4n) is 3.80. The van der Waals surface area contributed by atoms with Gasteiger partial charge < -0.3 is 0 Å². The first-order valence-corrected chi connectivity index (χ1v) is 9.32. The molecular weight excluding hydrogens is 223 g/mol. The topological polar surface area (TPSA) is 0 Å². The second kappa shape index (κ2) is 6.93. The van der Waals surface area contributed by atoms with E-state index < -0.39 is 0 Å². The van der Waals surface area contributed by atoms with Crippen LogP contribution in [0.15, 0.2) is 11.4 Å². The van der Waals surface area contributed by atoms with Crippen LogP contribution in [0.2, 0.25) is 0 Å². The first-order chi connectivity index (χ1) is 8.36. The minimum absolute atomic E-state index is 0.229. The molecule has 0 nitrogen and oxygen atoms in total. The first-order valence-electron chi connectivity index (χ1n) is 7.84. The molecule has 0 aromatic carbocycles. The summed E-state index contributed by atoms with van der Waals surface area (Å²) in [5.74, 6) is 0. The molecule has 0 unspecified atom stereocenters. The number of hydrogen-bond acceptors (Lipinski definition) is 0. The van der Waals surface area contributed by atoms with Gasteiger partial charge in [0.05, 0.1) is 0 Å². The maximum Gasteiger partial charge on any atom is -0.0170 e. The Hall–Kier alpha value is 0.170. The molecule has 0 aromatic rings. The predicted octanol–water partition coefficient (Wildman–Crippen LogP) is 6.06. The molecule has 0 radical (unpaired) electrons. The molecule has 0 N–H and O–H groups in total. The van der Waals surface area contributed by atoms with Crippen LogP contribution in [0.5, 0.6) is 0 Å². The van der Waals surface area contributed by atoms with E-state index in [1.54, 1.807) is 25.7 Å². The van der Waals surface area contributed by atoms with E-state index in [2.05, 4.69) is 19.9 Å². The van der Waals surface area contributed by atoms with E-state index >= 15 is 0 Å². The van der Waals surface area contributed by atoms with Crippen molar-refractivity contribution in [3.63, 3.8) is 0 Å². The van der Waals surface area contributed by atoms with E-state index in [1.165, 1.54) is 38.5 Å². The van der Waals surface area contributed by atoms with Crippen molar-refractivity contribution in [3.8, 4) is 0 Å². The minimum atomic E-state index is 0.229. The summed E-state index contributed by atoms with van der Waals surface area (Å²) in [4.78, 5) is 0. The molecule has 0 saturated heterocycles. The quantitative estimate of drug-likeness (QED) is 0.522. The van der Waals surface area contributed by atoms with Gasteiger partial charge in [-0.1, -0.05) is 53.5 Å². The van der Waals surface area contributed by atoms with Crippen LogP contribution in [0.4, 0.5) is 0 Å². The van der Waals surface area contributed by atoms with Crippen LogP contribution in [0.3, 0.4) is 0 Å². The summed E-state index contributed by atoms with van der Waals surface area (Å²) in [6.07, 6.45) is 17.4. The molecule has 2 rings (SSSR count). The Morgan fingerprint density at radius 2 is 1.41 bits per heavy atom. The largest absolute Gasteiger partial charge is 0.0811 e. The van der Waals surface area contributed by atoms with Crippen molar-refractivity contribution in [1.29, 1.82) is 0 Å². The Balaban J connectivity index is 2.12. The van der Waals surface area contributed by atoms with E-state index in [0.29, 0.717) is 0 Å². The molecule has 0 heterocycles. The lowest BCUT2D eigenvalue weighted by atomic mass is 10.3. The second-order valence-electron chi connectivity index (χ2n) is 5.74. The summed E-state index contributed by atoms with van der Waals surface area (Å²) in [7, 11) is 0.229. The average molecular weight is 252 g/mol. The molecule has 1 heteroatoms. The van der Waals surface area contributed by atoms with Crippen molar-refractivity contribution in [1.82, 2.24) is 0 Å². The highest BCUT2D eigenvalue weighted by atomic mass is 31.1. The Labute approximate surface area is 109 Å². The van der Waals surface area contributed by atoms with Gasteiger partial charge in [0.2, 0.25) is 0 Å². The summed E-state index contributed by atoms with van der Waals surface area (Å²) >= 11 is 0. The Kier molecular flexibility index (Phi) is 5.54. The van der Waals surface area contributed by atoms with Crippen molar-refractivity contribution >= 4 is 7.92 Å². The second-order valence-corrected chi connectivity index (χ2v) is 8.59. The third-order valence-corrected chi connectivity index (χ3v) is 8.34. The summed E-state index contributed by atoms with van der Waals surface area (Å²) in [6.45, 7) is 4.70. The summed E-state index contributed by atoms with van der Waals surface area (Å²) < 4.78 is 0. The van der Waals surface area contributed by atoms with Crippen LogP contribution in [-0.4, -0.2) is 11.3 Å². The van der Waals surface area contributed by atoms with E-state index in [4.69, 9.17) is 0 Å². The van der Waals surface area contributed by atoms with E-state index in [1.807, 2.05) is 5.31 Å². The molecule has 0 aromatic heterocycles. The van der Waals surface area contributed by atoms with Gasteiger partial charge in [-0.3, -0.25) is 0 Å². The number of hydrogen-bond donors (Lipinski definition) is 0. The Bertz CT molecular complexity index is 228. The van der Waals surface area contributed by atoms with Crippen molar-refractivity contribution in [2.24, 2.45) is 0 Å². The van der Waals surface area contributed by atoms with Gasteiger partial charge in [0.15, 0.2) is 0 Å². The molecule has 0 aliphatic heterocycles. The highest BCUT2D eigenvalue weighted by Crippen LogP contribution is 2.62. The van der Waals surface area contributed by atoms with Gasteiger partial charge in [0, 0.05) is 0 Å². The Morgan fingerprint density at radius 1 is 0.941 bits per heavy atom. The van der Waals surface area contributed by atoms with Crippen LogP contribution in [0, 0.1) is 0 Å². The van der Waals surface area contributed by atoms with Gasteiger partial charge in [-0.2, -0.15) is 0 Å². The summed E-state index contributed by atoms with van der Waals surface area (Å²) in [6, 6.07) is 0. The van der Waals surface area contributed by atoms with Gasteiger partial charge >= 0.3 is 0 Å². The zero-order valence-corrected chi connectivity index (χ0v) is 12.6. The van der Waals surface area contributed by atoms with E-state index in [0.717, 1.165) is 11.3 Å². The molecule has 0 bridgehead atoms. The van der Waals surface area contributed by atoms with Crippen molar-refractivity contribution < 1.29 is 0 Å². The van der Waals surface area contributed by atoms with Crippen molar-refractivity contribution in [2.75, 3.05) is 0 Å². The molecule has 2 fully saturated rings. The minimum Gasteiger partial charge on any atom is -0.0811 e. The lowest BCUT2D eigenvalue weighted by molar-refractivity contribution is 0.827. The highest BCUT2D eigenvalue weighted by molar-refractivity contribution is 7.63. The highest BCUT2D eigenvalue weighted by Gasteiger charge is 2.34. The van der Waals surface area contributed by atoms with Crippen LogP contribution in [-0.2, 0) is 0 Å². The lowest BCUT2D eigenvalue weighted by Gasteiger charge is -2.32. The van der Waals surface area contributed by atoms with Crippen LogP contribution >= 0.6 is 7.92 Å². The van der Waals surface area contributed by atoms with Crippen LogP contribution in [0.1, 0.15) is 78.1 Å². The first kappa shape index (κ1) is 13.6. The van der Waals surface area contributed by atoms with Gasteiger partial charge in [-0.05, 0) is 55.2 Å². The molecule has 98 valence electrons. The molecule has 2 aliphatic carbocycles. The molecule has 0 atom stereocenters. The van der Waals surface area contributed by atoms with Crippen molar-refractivity contribution in [3.05, 3.63) is 11.4 Å². The zero-order chi connectivity index (χ0) is 12.1. The van der Waals surface area contributed by atoms with Crippen molar-refractivity contribution in [2.45, 2.75) is 89.4 Å². The van der Waals surface area contributed by atoms with E-state index in [-0.39, 0.29) is 7.92 Å². The molecule has 0 amide bonds. The normalized spacial score (nSPS) is 24.1. The predicted molar refractivity (Wildman–Crippen MR) is 80.1 cm³/mol. The standard InChI is InChI=1S/C16H29P/c1-3-9-14(4-2)17(15-10-5-6-11-15)16-12-7-8-13-16/h9,15-16H,3-8,10-13H2,1-2H3. The fraction of sp³-hybridized carbons (Fsp3) is 0.875. The maximum atomic E-state index is 2.59. The van der Waals surface area contributed by atoms with Gasteiger partial charge in [0.1, 0.15) is 0 Å². The fourth-order valence-corrected chi connectivity index (χ4v) is 7.94. The SMILES string of the molecule is CCC=C(CC)P(C1CCCC1)C1CCCC1. The smallest absolute Gasteiger partial charge is 0.0170 e. The van der Waals surface area contributed by atoms with Crippen LogP contribution in [0.25, 0.3) is 0 Å². The number of rotatable bonds is 5. The molecule has 2 aliphatic rings. The third-order valence-electron chi connectivity index (χ3n) is 4.57.